The predicted molar refractivity (Wildman–Crippen MR) is 168 cm³/mol. The number of benzene rings is 3. The molecular weight excluding hydrogens is 602 g/mol. The molecule has 2 heterocycles. The maximum absolute atomic E-state index is 13.0. The standard InChI is InChI=1S/C32H32ClN5O5S/c1-2-42-30(23-7-11-26(33)12-8-23)32-36-31(37-43-32)24-9-15-28(16-10-24)44(40,41)38-27-13-5-22(6-14-27)17-19-35-21-29(39)25-4-3-18-34-20-25/h3-16,18,20,29-30,35,38-39H,2,17,19,21H2,1H3. The van der Waals surface area contributed by atoms with Gasteiger partial charge in [0.15, 0.2) is 6.10 Å². The summed E-state index contributed by atoms with van der Waals surface area (Å²) in [6.07, 6.45) is 2.84. The Balaban J connectivity index is 1.16. The summed E-state index contributed by atoms with van der Waals surface area (Å²) in [4.78, 5) is 8.61. The molecule has 5 aromatic rings. The number of sulfonamides is 1. The molecule has 44 heavy (non-hydrogen) atoms. The van der Waals surface area contributed by atoms with Crippen LogP contribution in [0.15, 0.2) is 107 Å². The van der Waals surface area contributed by atoms with Crippen molar-refractivity contribution in [2.75, 3.05) is 24.4 Å². The van der Waals surface area contributed by atoms with Gasteiger partial charge in [-0.3, -0.25) is 9.71 Å². The van der Waals surface area contributed by atoms with Gasteiger partial charge in [-0.25, -0.2) is 8.42 Å². The summed E-state index contributed by atoms with van der Waals surface area (Å²) in [5, 5.41) is 18.1. The van der Waals surface area contributed by atoms with Crippen LogP contribution in [-0.2, 0) is 21.2 Å². The number of nitrogens with zero attached hydrogens (tertiary/aromatic N) is 3. The van der Waals surface area contributed by atoms with Gasteiger partial charge in [0.2, 0.25) is 5.82 Å². The van der Waals surface area contributed by atoms with E-state index in [2.05, 4.69) is 25.2 Å². The fraction of sp³-hybridized carbons (Fsp3) is 0.219. The molecule has 2 atom stereocenters. The molecule has 0 aliphatic carbocycles. The number of halogens is 1. The third-order valence-electron chi connectivity index (χ3n) is 6.80. The topological polar surface area (TPSA) is 139 Å². The highest BCUT2D eigenvalue weighted by molar-refractivity contribution is 7.92. The van der Waals surface area contributed by atoms with Crippen LogP contribution < -0.4 is 10.0 Å². The maximum Gasteiger partial charge on any atom is 0.261 e. The van der Waals surface area contributed by atoms with E-state index in [1.807, 2.05) is 37.3 Å². The zero-order valence-corrected chi connectivity index (χ0v) is 25.5. The zero-order valence-electron chi connectivity index (χ0n) is 23.9. The van der Waals surface area contributed by atoms with Crippen molar-refractivity contribution >= 4 is 27.3 Å². The van der Waals surface area contributed by atoms with Gasteiger partial charge >= 0.3 is 0 Å². The molecule has 0 amide bonds. The van der Waals surface area contributed by atoms with Crippen molar-refractivity contribution in [2.24, 2.45) is 0 Å². The van der Waals surface area contributed by atoms with Gasteiger partial charge in [0.05, 0.1) is 11.0 Å². The molecule has 0 saturated heterocycles. The Bertz CT molecular complexity index is 1730. The van der Waals surface area contributed by atoms with Crippen LogP contribution in [0.25, 0.3) is 11.4 Å². The predicted octanol–water partition coefficient (Wildman–Crippen LogP) is 5.58. The summed E-state index contributed by atoms with van der Waals surface area (Å²) in [6, 6.07) is 24.2. The summed E-state index contributed by atoms with van der Waals surface area (Å²) in [5.74, 6) is 0.594. The molecule has 0 radical (unpaired) electrons. The first kappa shape index (κ1) is 31.3. The van der Waals surface area contributed by atoms with Crippen molar-refractivity contribution in [2.45, 2.75) is 30.4 Å². The van der Waals surface area contributed by atoms with E-state index >= 15 is 0 Å². The second-order valence-corrected chi connectivity index (χ2v) is 12.0. The number of hydrogen-bond acceptors (Lipinski definition) is 9. The molecule has 0 bridgehead atoms. The Labute approximate surface area is 261 Å². The second-order valence-electron chi connectivity index (χ2n) is 9.93. The van der Waals surface area contributed by atoms with Crippen molar-refractivity contribution in [3.63, 3.8) is 0 Å². The number of aromatic nitrogens is 3. The minimum Gasteiger partial charge on any atom is -0.387 e. The minimum absolute atomic E-state index is 0.0961. The third-order valence-corrected chi connectivity index (χ3v) is 8.45. The third kappa shape index (κ3) is 8.07. The fourth-order valence-electron chi connectivity index (χ4n) is 4.47. The molecule has 3 aromatic carbocycles. The molecule has 0 spiro atoms. The van der Waals surface area contributed by atoms with Gasteiger partial charge in [0.1, 0.15) is 0 Å². The van der Waals surface area contributed by atoms with E-state index in [0.717, 1.165) is 23.1 Å². The van der Waals surface area contributed by atoms with Crippen LogP contribution in [-0.4, -0.2) is 48.3 Å². The molecule has 2 unspecified atom stereocenters. The molecule has 0 saturated carbocycles. The lowest BCUT2D eigenvalue weighted by Crippen LogP contribution is -2.23. The molecule has 0 aliphatic heterocycles. The summed E-state index contributed by atoms with van der Waals surface area (Å²) in [6.45, 7) is 3.38. The van der Waals surface area contributed by atoms with Crippen LogP contribution in [0.2, 0.25) is 5.02 Å². The highest BCUT2D eigenvalue weighted by atomic mass is 35.5. The van der Waals surface area contributed by atoms with E-state index in [-0.39, 0.29) is 10.8 Å². The van der Waals surface area contributed by atoms with E-state index in [1.54, 1.807) is 54.9 Å². The van der Waals surface area contributed by atoms with Crippen molar-refractivity contribution in [1.29, 1.82) is 0 Å². The van der Waals surface area contributed by atoms with E-state index < -0.39 is 22.2 Å². The molecule has 228 valence electrons. The highest BCUT2D eigenvalue weighted by Gasteiger charge is 2.23. The summed E-state index contributed by atoms with van der Waals surface area (Å²) in [7, 11) is -3.83. The Hall–Kier alpha value is -4.13. The first-order valence-corrected chi connectivity index (χ1v) is 15.9. The Morgan fingerprint density at radius 1 is 0.977 bits per heavy atom. The van der Waals surface area contributed by atoms with E-state index in [1.165, 1.54) is 12.1 Å². The van der Waals surface area contributed by atoms with Crippen LogP contribution >= 0.6 is 11.6 Å². The first-order chi connectivity index (χ1) is 21.3. The van der Waals surface area contributed by atoms with Crippen molar-refractivity contribution in [1.82, 2.24) is 20.4 Å². The van der Waals surface area contributed by atoms with E-state index in [4.69, 9.17) is 20.9 Å². The lowest BCUT2D eigenvalue weighted by molar-refractivity contribution is 0.0667. The van der Waals surface area contributed by atoms with Crippen molar-refractivity contribution in [3.05, 3.63) is 125 Å². The van der Waals surface area contributed by atoms with Crippen molar-refractivity contribution < 1.29 is 22.8 Å². The lowest BCUT2D eigenvalue weighted by atomic mass is 10.1. The minimum atomic E-state index is -3.83. The number of rotatable bonds is 14. The smallest absolute Gasteiger partial charge is 0.261 e. The average Bonchev–Trinajstić information content (AvgIpc) is 3.53. The van der Waals surface area contributed by atoms with Crippen molar-refractivity contribution in [3.8, 4) is 11.4 Å². The number of nitrogens with one attached hydrogen (secondary N) is 2. The fourth-order valence-corrected chi connectivity index (χ4v) is 5.66. The average molecular weight is 634 g/mol. The number of aliphatic hydroxyl groups excluding tert-OH is 1. The monoisotopic (exact) mass is 633 g/mol. The highest BCUT2D eigenvalue weighted by Crippen LogP contribution is 2.28. The van der Waals surface area contributed by atoms with E-state index in [0.29, 0.717) is 41.8 Å². The van der Waals surface area contributed by atoms with E-state index in [9.17, 15) is 13.5 Å². The molecule has 0 fully saturated rings. The van der Waals surface area contributed by atoms with Gasteiger partial charge in [-0.1, -0.05) is 47.1 Å². The molecular formula is C32H32ClN5O5S. The summed E-state index contributed by atoms with van der Waals surface area (Å²) in [5.41, 5.74) is 3.65. The molecule has 5 rings (SSSR count). The van der Waals surface area contributed by atoms with Gasteiger partial charge in [0, 0.05) is 47.4 Å². The number of ether oxygens (including phenoxy) is 1. The molecule has 3 N–H and O–H groups in total. The Kier molecular flexibility index (Phi) is 10.4. The number of aliphatic hydroxyl groups is 1. The Morgan fingerprint density at radius 3 is 2.41 bits per heavy atom. The van der Waals surface area contributed by atoms with Crippen LogP contribution in [0.1, 0.15) is 41.7 Å². The second kappa shape index (κ2) is 14.6. The summed E-state index contributed by atoms with van der Waals surface area (Å²) >= 11 is 6.01. The molecule has 12 heteroatoms. The van der Waals surface area contributed by atoms with Gasteiger partial charge in [-0.05, 0) is 85.6 Å². The van der Waals surface area contributed by atoms with Gasteiger partial charge in [-0.15, -0.1) is 0 Å². The van der Waals surface area contributed by atoms with Crippen LogP contribution in [0, 0.1) is 0 Å². The normalized spacial score (nSPS) is 13.0. The summed E-state index contributed by atoms with van der Waals surface area (Å²) < 4.78 is 40.0. The lowest BCUT2D eigenvalue weighted by Gasteiger charge is -2.13. The van der Waals surface area contributed by atoms with Crippen LogP contribution in [0.3, 0.4) is 0 Å². The largest absolute Gasteiger partial charge is 0.387 e. The number of anilines is 1. The quantitative estimate of drug-likeness (QED) is 0.134. The van der Waals surface area contributed by atoms with Crippen LogP contribution in [0.5, 0.6) is 0 Å². The molecule has 10 nitrogen and oxygen atoms in total. The Morgan fingerprint density at radius 2 is 1.73 bits per heavy atom. The number of pyridine rings is 1. The van der Waals surface area contributed by atoms with Gasteiger partial charge < -0.3 is 19.7 Å². The molecule has 2 aromatic heterocycles. The number of hydrogen-bond donors (Lipinski definition) is 3. The van der Waals surface area contributed by atoms with Gasteiger partial charge in [-0.2, -0.15) is 4.98 Å². The van der Waals surface area contributed by atoms with Gasteiger partial charge in [0.25, 0.3) is 15.9 Å². The maximum atomic E-state index is 13.0. The molecule has 0 aliphatic rings. The van der Waals surface area contributed by atoms with Crippen LogP contribution in [0.4, 0.5) is 5.69 Å². The SMILES string of the molecule is CCOC(c1ccc(Cl)cc1)c1nc(-c2ccc(S(=O)(=O)Nc3ccc(CCNCC(O)c4cccnc4)cc3)cc2)no1. The first-order valence-electron chi connectivity index (χ1n) is 14.0. The zero-order chi connectivity index (χ0) is 30.9.